The number of aromatic nitrogens is 1. The van der Waals surface area contributed by atoms with Gasteiger partial charge in [-0.15, -0.1) is 11.3 Å². The van der Waals surface area contributed by atoms with E-state index in [2.05, 4.69) is 36.3 Å². The molecule has 0 aromatic carbocycles. The standard InChI is InChI=1S/C13H14N2S.C2H6/c1-6-12-13(15-11(5)16-12)10(4)9(3)8-14-7-2;1-2/h6-8H,1-4H2,5H3;1-2H3. The molecule has 18 heavy (non-hydrogen) atoms. The molecular weight excluding hydrogens is 240 g/mol. The van der Waals surface area contributed by atoms with Crippen LogP contribution in [0.3, 0.4) is 0 Å². The summed E-state index contributed by atoms with van der Waals surface area (Å²) >= 11 is 1.59. The summed E-state index contributed by atoms with van der Waals surface area (Å²) in [7, 11) is 0. The monoisotopic (exact) mass is 260 g/mol. The quantitative estimate of drug-likeness (QED) is 0.546. The number of hydrogen-bond acceptors (Lipinski definition) is 3. The molecule has 1 aromatic rings. The van der Waals surface area contributed by atoms with Gasteiger partial charge in [-0.3, -0.25) is 4.99 Å². The molecule has 0 N–H and O–H groups in total. The summed E-state index contributed by atoms with van der Waals surface area (Å²) in [5, 5.41) is 0.986. The van der Waals surface area contributed by atoms with Gasteiger partial charge in [0.1, 0.15) is 0 Å². The molecule has 0 amide bonds. The fourth-order valence-corrected chi connectivity index (χ4v) is 1.97. The molecule has 0 bridgehead atoms. The van der Waals surface area contributed by atoms with Crippen LogP contribution in [0.5, 0.6) is 0 Å². The van der Waals surface area contributed by atoms with Gasteiger partial charge in [0.25, 0.3) is 0 Å². The normalized spacial score (nSPS) is 9.50. The summed E-state index contributed by atoms with van der Waals surface area (Å²) in [5.41, 5.74) is 2.33. The summed E-state index contributed by atoms with van der Waals surface area (Å²) < 4.78 is 0. The lowest BCUT2D eigenvalue weighted by molar-refractivity contribution is 1.26. The minimum atomic E-state index is 0.730. The van der Waals surface area contributed by atoms with Crippen LogP contribution in [0.2, 0.25) is 0 Å². The largest absolute Gasteiger partial charge is 0.265 e. The minimum absolute atomic E-state index is 0.730. The maximum Gasteiger partial charge on any atom is 0.0908 e. The molecule has 3 heteroatoms. The maximum atomic E-state index is 4.41. The Hall–Kier alpha value is -1.74. The molecular formula is C15H20N2S. The van der Waals surface area contributed by atoms with Crippen molar-refractivity contribution in [2.24, 2.45) is 4.99 Å². The van der Waals surface area contributed by atoms with Gasteiger partial charge >= 0.3 is 0 Å². The van der Waals surface area contributed by atoms with Crippen molar-refractivity contribution in [3.05, 3.63) is 53.7 Å². The molecule has 0 spiro atoms. The Labute approximate surface area is 114 Å². The van der Waals surface area contributed by atoms with Crippen LogP contribution in [-0.2, 0) is 0 Å². The number of rotatable bonds is 5. The molecule has 96 valence electrons. The second kappa shape index (κ2) is 8.37. The summed E-state index contributed by atoms with van der Waals surface area (Å²) in [4.78, 5) is 9.33. The second-order valence-electron chi connectivity index (χ2n) is 3.11. The van der Waals surface area contributed by atoms with E-state index in [-0.39, 0.29) is 0 Å². The highest BCUT2D eigenvalue weighted by atomic mass is 32.1. The Morgan fingerprint density at radius 2 is 1.89 bits per heavy atom. The van der Waals surface area contributed by atoms with Crippen molar-refractivity contribution in [2.75, 3.05) is 0 Å². The van der Waals surface area contributed by atoms with Gasteiger partial charge in [0.2, 0.25) is 0 Å². The summed E-state index contributed by atoms with van der Waals surface area (Å²) in [5.74, 6) is 0. The third-order valence-corrected chi connectivity index (χ3v) is 2.92. The van der Waals surface area contributed by atoms with Gasteiger partial charge in [-0.05, 0) is 18.6 Å². The average Bonchev–Trinajstić information content (AvgIpc) is 2.78. The van der Waals surface area contributed by atoms with Crippen LogP contribution >= 0.6 is 11.3 Å². The molecule has 1 aromatic heterocycles. The molecule has 1 heterocycles. The average molecular weight is 260 g/mol. The predicted molar refractivity (Wildman–Crippen MR) is 85.2 cm³/mol. The van der Waals surface area contributed by atoms with Crippen molar-refractivity contribution in [1.29, 1.82) is 0 Å². The third kappa shape index (κ3) is 4.26. The highest BCUT2D eigenvalue weighted by Crippen LogP contribution is 2.27. The predicted octanol–water partition coefficient (Wildman–Crippen LogP) is 4.90. The van der Waals surface area contributed by atoms with E-state index in [9.17, 15) is 0 Å². The molecule has 0 saturated heterocycles. The fourth-order valence-electron chi connectivity index (χ4n) is 1.17. The van der Waals surface area contributed by atoms with Crippen molar-refractivity contribution in [3.8, 4) is 0 Å². The van der Waals surface area contributed by atoms with Gasteiger partial charge in [-0.25, -0.2) is 4.98 Å². The number of nitrogens with zero attached hydrogens (tertiary/aromatic N) is 2. The molecule has 0 atom stereocenters. The first-order chi connectivity index (χ1) is 8.60. The van der Waals surface area contributed by atoms with Gasteiger partial charge in [0.05, 0.1) is 15.6 Å². The second-order valence-corrected chi connectivity index (χ2v) is 4.35. The summed E-state index contributed by atoms with van der Waals surface area (Å²) in [6.45, 7) is 21.1. The van der Waals surface area contributed by atoms with Crippen LogP contribution in [0, 0.1) is 6.92 Å². The van der Waals surface area contributed by atoms with Gasteiger partial charge in [-0.1, -0.05) is 40.2 Å². The van der Waals surface area contributed by atoms with Crippen LogP contribution in [0.15, 0.2) is 43.1 Å². The molecule has 0 aliphatic rings. The van der Waals surface area contributed by atoms with E-state index in [1.807, 2.05) is 20.8 Å². The molecule has 1 rings (SSSR count). The zero-order valence-corrected chi connectivity index (χ0v) is 12.2. The Bertz CT molecular complexity index is 479. The summed E-state index contributed by atoms with van der Waals surface area (Å²) in [6, 6.07) is 0. The first-order valence-electron chi connectivity index (χ1n) is 5.72. The van der Waals surface area contributed by atoms with Crippen LogP contribution < -0.4 is 0 Å². The molecule has 0 fully saturated rings. The lowest BCUT2D eigenvalue weighted by Crippen LogP contribution is -1.91. The van der Waals surface area contributed by atoms with Crippen LogP contribution in [0.1, 0.15) is 29.4 Å². The molecule has 0 unspecified atom stereocenters. The highest BCUT2D eigenvalue weighted by Gasteiger charge is 2.10. The summed E-state index contributed by atoms with van der Waals surface area (Å²) in [6.07, 6.45) is 4.86. The van der Waals surface area contributed by atoms with Gasteiger partial charge in [-0.2, -0.15) is 0 Å². The molecule has 0 saturated carbocycles. The minimum Gasteiger partial charge on any atom is -0.265 e. The van der Waals surface area contributed by atoms with Crippen molar-refractivity contribution in [2.45, 2.75) is 20.8 Å². The van der Waals surface area contributed by atoms with Gasteiger partial charge in [0.15, 0.2) is 0 Å². The van der Waals surface area contributed by atoms with Crippen molar-refractivity contribution in [3.63, 3.8) is 0 Å². The first-order valence-corrected chi connectivity index (χ1v) is 6.54. The van der Waals surface area contributed by atoms with E-state index in [1.54, 1.807) is 23.6 Å². The van der Waals surface area contributed by atoms with E-state index in [0.29, 0.717) is 0 Å². The molecule has 0 aliphatic heterocycles. The number of hydrogen-bond donors (Lipinski definition) is 0. The van der Waals surface area contributed by atoms with E-state index in [0.717, 1.165) is 26.7 Å². The van der Waals surface area contributed by atoms with E-state index in [4.69, 9.17) is 0 Å². The Kier molecular flexibility index (Phi) is 7.56. The maximum absolute atomic E-state index is 4.41. The van der Waals surface area contributed by atoms with E-state index < -0.39 is 0 Å². The smallest absolute Gasteiger partial charge is 0.0908 e. The third-order valence-electron chi connectivity index (χ3n) is 1.95. The van der Waals surface area contributed by atoms with Gasteiger partial charge in [0, 0.05) is 18.0 Å². The Morgan fingerprint density at radius 3 is 2.39 bits per heavy atom. The van der Waals surface area contributed by atoms with Crippen LogP contribution in [0.25, 0.3) is 11.6 Å². The number of aryl methyl sites for hydroxylation is 1. The van der Waals surface area contributed by atoms with E-state index >= 15 is 0 Å². The van der Waals surface area contributed by atoms with Crippen molar-refractivity contribution in [1.82, 2.24) is 4.98 Å². The van der Waals surface area contributed by atoms with Crippen LogP contribution in [-0.4, -0.2) is 11.2 Å². The number of allylic oxidation sites excluding steroid dienone is 2. The zero-order chi connectivity index (χ0) is 14.1. The van der Waals surface area contributed by atoms with Crippen molar-refractivity contribution < 1.29 is 0 Å². The van der Waals surface area contributed by atoms with Gasteiger partial charge < -0.3 is 0 Å². The van der Waals surface area contributed by atoms with E-state index in [1.165, 1.54) is 6.20 Å². The first kappa shape index (κ1) is 16.3. The lowest BCUT2D eigenvalue weighted by atomic mass is 10.1. The Morgan fingerprint density at radius 1 is 1.28 bits per heavy atom. The van der Waals surface area contributed by atoms with Crippen molar-refractivity contribution >= 4 is 29.2 Å². The highest BCUT2D eigenvalue weighted by molar-refractivity contribution is 7.12. The fraction of sp³-hybridized carbons (Fsp3) is 0.200. The number of thiazole rings is 1. The van der Waals surface area contributed by atoms with Crippen LogP contribution in [0.4, 0.5) is 0 Å². The Balaban J connectivity index is 0.00000137. The SMILES string of the molecule is C=CN=CC(=C)C(=C)c1nc(C)sc1C=C.CC. The molecule has 0 aliphatic carbocycles. The zero-order valence-electron chi connectivity index (χ0n) is 11.4. The lowest BCUT2D eigenvalue weighted by Gasteiger charge is -2.02. The number of aliphatic imine (C=N–C) groups is 1. The molecule has 0 radical (unpaired) electrons. The topological polar surface area (TPSA) is 25.2 Å². The molecule has 2 nitrogen and oxygen atoms in total.